The third-order valence-corrected chi connectivity index (χ3v) is 4.42. The van der Waals surface area contributed by atoms with Gasteiger partial charge in [0.15, 0.2) is 6.10 Å². The largest absolute Gasteiger partial charge is 0.449 e. The normalized spacial score (nSPS) is 12.6. The molecule has 4 nitrogen and oxygen atoms in total. The van der Waals surface area contributed by atoms with Crippen LogP contribution >= 0.6 is 11.8 Å². The quantitative estimate of drug-likeness (QED) is 0.414. The van der Waals surface area contributed by atoms with Gasteiger partial charge in [-0.2, -0.15) is 13.2 Å². The van der Waals surface area contributed by atoms with E-state index < -0.39 is 35.4 Å². The van der Waals surface area contributed by atoms with Crippen LogP contribution in [0.15, 0.2) is 59.5 Å². The molecule has 148 valence electrons. The number of benzene rings is 2. The Kier molecular flexibility index (Phi) is 7.28. The van der Waals surface area contributed by atoms with Gasteiger partial charge in [-0.15, -0.1) is 11.8 Å². The molecule has 0 radical (unpaired) electrons. The number of amides is 1. The molecule has 1 atom stereocenters. The third kappa shape index (κ3) is 6.16. The van der Waals surface area contributed by atoms with E-state index in [1.54, 1.807) is 11.8 Å². The SMILES string of the molecule is CSc1ccc(/C=C/C(=O)O[C@@H](C)C(=O)Nc2ccccc2C(F)(F)F)cc1. The zero-order chi connectivity index (χ0) is 20.7. The van der Waals surface area contributed by atoms with Crippen molar-refractivity contribution < 1.29 is 27.5 Å². The molecule has 0 aliphatic rings. The number of rotatable bonds is 6. The van der Waals surface area contributed by atoms with E-state index in [0.717, 1.165) is 28.7 Å². The number of ether oxygens (including phenoxy) is 1. The topological polar surface area (TPSA) is 55.4 Å². The predicted molar refractivity (Wildman–Crippen MR) is 103 cm³/mol. The van der Waals surface area contributed by atoms with Crippen molar-refractivity contribution in [2.24, 2.45) is 0 Å². The molecule has 28 heavy (non-hydrogen) atoms. The number of alkyl halides is 3. The van der Waals surface area contributed by atoms with Crippen LogP contribution in [0.2, 0.25) is 0 Å². The smallest absolute Gasteiger partial charge is 0.418 e. The van der Waals surface area contributed by atoms with E-state index >= 15 is 0 Å². The van der Waals surface area contributed by atoms with Crippen LogP contribution in [-0.2, 0) is 20.5 Å². The highest BCUT2D eigenvalue weighted by Gasteiger charge is 2.34. The van der Waals surface area contributed by atoms with E-state index in [9.17, 15) is 22.8 Å². The van der Waals surface area contributed by atoms with Gasteiger partial charge in [-0.1, -0.05) is 24.3 Å². The number of hydrogen-bond acceptors (Lipinski definition) is 4. The van der Waals surface area contributed by atoms with E-state index in [-0.39, 0.29) is 0 Å². The zero-order valence-corrected chi connectivity index (χ0v) is 15.9. The molecule has 1 amide bonds. The second-order valence-corrected chi connectivity index (χ2v) is 6.60. The van der Waals surface area contributed by atoms with Crippen LogP contribution in [0.5, 0.6) is 0 Å². The van der Waals surface area contributed by atoms with Gasteiger partial charge in [0.1, 0.15) is 0 Å². The van der Waals surface area contributed by atoms with Gasteiger partial charge < -0.3 is 10.1 Å². The predicted octanol–water partition coefficient (Wildman–Crippen LogP) is 5.01. The number of thioether (sulfide) groups is 1. The molecular formula is C20H18F3NO3S. The summed E-state index contributed by atoms with van der Waals surface area (Å²) in [6, 6.07) is 12.0. The van der Waals surface area contributed by atoms with E-state index in [4.69, 9.17) is 4.74 Å². The highest BCUT2D eigenvalue weighted by molar-refractivity contribution is 7.98. The van der Waals surface area contributed by atoms with Crippen molar-refractivity contribution in [2.75, 3.05) is 11.6 Å². The minimum Gasteiger partial charge on any atom is -0.449 e. The molecule has 2 rings (SSSR count). The van der Waals surface area contributed by atoms with Crippen LogP contribution in [0.25, 0.3) is 6.08 Å². The highest BCUT2D eigenvalue weighted by Crippen LogP contribution is 2.34. The minimum atomic E-state index is -4.61. The minimum absolute atomic E-state index is 0.396. The first kappa shape index (κ1) is 21.6. The molecule has 2 aromatic carbocycles. The molecule has 0 saturated heterocycles. The Morgan fingerprint density at radius 3 is 2.36 bits per heavy atom. The summed E-state index contributed by atoms with van der Waals surface area (Å²) in [7, 11) is 0. The molecule has 0 aromatic heterocycles. The highest BCUT2D eigenvalue weighted by atomic mass is 32.2. The first-order valence-corrected chi connectivity index (χ1v) is 9.43. The van der Waals surface area contributed by atoms with Gasteiger partial charge in [0.2, 0.25) is 0 Å². The lowest BCUT2D eigenvalue weighted by molar-refractivity contribution is -0.148. The fraction of sp³-hybridized carbons (Fsp3) is 0.200. The summed E-state index contributed by atoms with van der Waals surface area (Å²) >= 11 is 1.59. The first-order valence-electron chi connectivity index (χ1n) is 8.20. The first-order chi connectivity index (χ1) is 13.2. The summed E-state index contributed by atoms with van der Waals surface area (Å²) in [6.07, 6.45) is -1.25. The Morgan fingerprint density at radius 1 is 1.11 bits per heavy atom. The Hall–Kier alpha value is -2.74. The molecule has 2 aromatic rings. The van der Waals surface area contributed by atoms with Crippen molar-refractivity contribution in [3.8, 4) is 0 Å². The van der Waals surface area contributed by atoms with Gasteiger partial charge in [-0.05, 0) is 49.1 Å². The van der Waals surface area contributed by atoms with Crippen molar-refractivity contribution in [1.82, 2.24) is 0 Å². The molecule has 0 heterocycles. The van der Waals surface area contributed by atoms with Crippen LogP contribution in [0.3, 0.4) is 0 Å². The summed E-state index contributed by atoms with van der Waals surface area (Å²) in [5.74, 6) is -1.64. The molecule has 0 fully saturated rings. The molecule has 8 heteroatoms. The number of esters is 1. The Bertz CT molecular complexity index is 864. The van der Waals surface area contributed by atoms with Crippen LogP contribution in [0.4, 0.5) is 18.9 Å². The second-order valence-electron chi connectivity index (χ2n) is 5.72. The van der Waals surface area contributed by atoms with Gasteiger partial charge in [0.25, 0.3) is 5.91 Å². The molecule has 0 saturated carbocycles. The van der Waals surface area contributed by atoms with Crippen LogP contribution in [0.1, 0.15) is 18.1 Å². The zero-order valence-electron chi connectivity index (χ0n) is 15.1. The maximum Gasteiger partial charge on any atom is 0.418 e. The van der Waals surface area contributed by atoms with Crippen molar-refractivity contribution >= 4 is 35.4 Å². The van der Waals surface area contributed by atoms with Crippen LogP contribution < -0.4 is 5.32 Å². The number of nitrogens with one attached hydrogen (secondary N) is 1. The number of halogens is 3. The molecule has 0 unspecified atom stereocenters. The molecular weight excluding hydrogens is 391 g/mol. The Morgan fingerprint density at radius 2 is 1.75 bits per heavy atom. The van der Waals surface area contributed by atoms with E-state index in [2.05, 4.69) is 5.32 Å². The molecule has 1 N–H and O–H groups in total. The fourth-order valence-corrected chi connectivity index (χ4v) is 2.63. The summed E-state index contributed by atoms with van der Waals surface area (Å²) < 4.78 is 43.9. The molecule has 0 bridgehead atoms. The van der Waals surface area contributed by atoms with Crippen molar-refractivity contribution in [3.63, 3.8) is 0 Å². The Balaban J connectivity index is 1.96. The maximum absolute atomic E-state index is 13.0. The lowest BCUT2D eigenvalue weighted by Gasteiger charge is -2.16. The van der Waals surface area contributed by atoms with Crippen molar-refractivity contribution in [2.45, 2.75) is 24.1 Å². The standard InChI is InChI=1S/C20H18F3NO3S/c1-13(19(26)24-17-6-4-3-5-16(17)20(21,22)23)27-18(25)12-9-14-7-10-15(28-2)11-8-14/h3-13H,1-2H3,(H,24,26)/b12-9+/t13-/m0/s1. The number of para-hydroxylation sites is 1. The molecule has 0 spiro atoms. The summed E-state index contributed by atoms with van der Waals surface area (Å²) in [4.78, 5) is 25.0. The van der Waals surface area contributed by atoms with E-state index in [1.807, 2.05) is 30.5 Å². The van der Waals surface area contributed by atoms with E-state index in [1.165, 1.54) is 25.1 Å². The lowest BCUT2D eigenvalue weighted by atomic mass is 10.1. The van der Waals surface area contributed by atoms with Gasteiger partial charge >= 0.3 is 12.1 Å². The van der Waals surface area contributed by atoms with Gasteiger partial charge in [0, 0.05) is 11.0 Å². The summed E-state index contributed by atoms with van der Waals surface area (Å²) in [5, 5.41) is 2.15. The number of anilines is 1. The van der Waals surface area contributed by atoms with Gasteiger partial charge in [-0.3, -0.25) is 4.79 Å². The third-order valence-electron chi connectivity index (χ3n) is 3.68. The monoisotopic (exact) mass is 409 g/mol. The fourth-order valence-electron chi connectivity index (χ4n) is 2.22. The van der Waals surface area contributed by atoms with E-state index in [0.29, 0.717) is 0 Å². The summed E-state index contributed by atoms with van der Waals surface area (Å²) in [5.41, 5.74) is -0.603. The van der Waals surface area contributed by atoms with Crippen LogP contribution in [-0.4, -0.2) is 24.2 Å². The number of carbonyl (C=O) groups is 2. The van der Waals surface area contributed by atoms with Crippen molar-refractivity contribution in [1.29, 1.82) is 0 Å². The number of hydrogen-bond donors (Lipinski definition) is 1. The average molecular weight is 409 g/mol. The number of carbonyl (C=O) groups excluding carboxylic acids is 2. The van der Waals surface area contributed by atoms with Gasteiger partial charge in [0.05, 0.1) is 11.3 Å². The van der Waals surface area contributed by atoms with Gasteiger partial charge in [-0.25, -0.2) is 4.79 Å². The lowest BCUT2D eigenvalue weighted by Crippen LogP contribution is -2.30. The molecule has 0 aliphatic heterocycles. The van der Waals surface area contributed by atoms with Crippen LogP contribution in [0, 0.1) is 0 Å². The van der Waals surface area contributed by atoms with Crippen molar-refractivity contribution in [3.05, 3.63) is 65.7 Å². The average Bonchev–Trinajstić information content (AvgIpc) is 2.66. The molecule has 0 aliphatic carbocycles. The maximum atomic E-state index is 13.0. The Labute approximate surface area is 164 Å². The second kappa shape index (κ2) is 9.45. The summed E-state index contributed by atoms with van der Waals surface area (Å²) in [6.45, 7) is 1.28.